The van der Waals surface area contributed by atoms with Crippen molar-refractivity contribution in [2.24, 2.45) is 0 Å². The van der Waals surface area contributed by atoms with Crippen LogP contribution < -0.4 is 4.52 Å². The Balaban J connectivity index is 2.86. The molecule has 0 saturated carbocycles. The van der Waals surface area contributed by atoms with E-state index in [-0.39, 0.29) is 0 Å². The Hall–Kier alpha value is 0.270. The molecule has 2 nitrogen and oxygen atoms in total. The van der Waals surface area contributed by atoms with E-state index in [0.717, 1.165) is 12.2 Å². The maximum Gasteiger partial charge on any atom is 0.360 e. The zero-order valence-corrected chi connectivity index (χ0v) is 14.5. The van der Waals surface area contributed by atoms with Gasteiger partial charge in [-0.15, -0.1) is 6.58 Å². The predicted molar refractivity (Wildman–Crippen MR) is 90.1 cm³/mol. The molecule has 7 heteroatoms. The van der Waals surface area contributed by atoms with E-state index in [0.29, 0.717) is 21.5 Å². The third-order valence-electron chi connectivity index (χ3n) is 1.91. The van der Waals surface area contributed by atoms with Crippen molar-refractivity contribution in [3.8, 4) is 5.75 Å². The Morgan fingerprint density at radius 1 is 1.42 bits per heavy atom. The van der Waals surface area contributed by atoms with Gasteiger partial charge in [0.1, 0.15) is 5.75 Å². The average molecular weight is 357 g/mol. The van der Waals surface area contributed by atoms with Crippen LogP contribution in [0.4, 0.5) is 0 Å². The third-order valence-corrected chi connectivity index (χ3v) is 9.70. The van der Waals surface area contributed by atoms with E-state index in [1.54, 1.807) is 24.3 Å². The predicted octanol–water partition coefficient (Wildman–Crippen LogP) is 6.54. The van der Waals surface area contributed by atoms with Crippen molar-refractivity contribution in [1.82, 2.24) is 0 Å². The molecule has 1 aromatic carbocycles. The van der Waals surface area contributed by atoms with Gasteiger partial charge >= 0.3 is 5.77 Å². The van der Waals surface area contributed by atoms with E-state index >= 15 is 0 Å². The summed E-state index contributed by atoms with van der Waals surface area (Å²) in [5, 5.41) is 0.885. The van der Waals surface area contributed by atoms with E-state index in [1.807, 2.05) is 6.92 Å². The fourth-order valence-electron chi connectivity index (χ4n) is 1.11. The molecule has 0 aromatic heterocycles. The molecule has 0 spiro atoms. The molecule has 0 fully saturated rings. The van der Waals surface area contributed by atoms with E-state index < -0.39 is 5.77 Å². The van der Waals surface area contributed by atoms with Crippen LogP contribution in [0.1, 0.15) is 13.3 Å². The average Bonchev–Trinajstić information content (AvgIpc) is 2.38. The van der Waals surface area contributed by atoms with Gasteiger partial charge in [-0.1, -0.05) is 36.2 Å². The van der Waals surface area contributed by atoms with E-state index in [4.69, 9.17) is 27.7 Å². The van der Waals surface area contributed by atoms with Gasteiger partial charge in [-0.05, 0) is 47.4 Å². The van der Waals surface area contributed by atoms with Crippen LogP contribution in [0.5, 0.6) is 5.75 Å². The van der Waals surface area contributed by atoms with Gasteiger partial charge in [-0.25, -0.2) is 0 Å². The van der Waals surface area contributed by atoms with E-state index in [1.165, 1.54) is 22.8 Å². The van der Waals surface area contributed by atoms with Gasteiger partial charge in [0.15, 0.2) is 0 Å². The molecule has 1 unspecified atom stereocenters. The highest BCUT2D eigenvalue weighted by Crippen LogP contribution is 2.69. The number of rotatable bonds is 8. The van der Waals surface area contributed by atoms with Crippen LogP contribution in [0.15, 0.2) is 30.9 Å². The molecule has 19 heavy (non-hydrogen) atoms. The van der Waals surface area contributed by atoms with Gasteiger partial charge in [-0.3, -0.25) is 4.57 Å². The van der Waals surface area contributed by atoms with Crippen molar-refractivity contribution >= 4 is 51.7 Å². The summed E-state index contributed by atoms with van der Waals surface area (Å²) < 4.78 is 18.3. The lowest BCUT2D eigenvalue weighted by molar-refractivity contribution is 0.515. The summed E-state index contributed by atoms with van der Waals surface area (Å²) >= 11 is 14.4. The summed E-state index contributed by atoms with van der Waals surface area (Å²) in [5.74, 6) is -1.14. The fraction of sp³-hybridized carbons (Fsp3) is 0.333. The normalized spacial score (nSPS) is 13.8. The van der Waals surface area contributed by atoms with Crippen molar-refractivity contribution in [2.75, 3.05) is 11.5 Å². The van der Waals surface area contributed by atoms with Crippen molar-refractivity contribution in [1.29, 1.82) is 0 Å². The van der Waals surface area contributed by atoms with Crippen LogP contribution in [0.25, 0.3) is 0 Å². The molecule has 0 aliphatic heterocycles. The van der Waals surface area contributed by atoms with Gasteiger partial charge in [0.25, 0.3) is 0 Å². The molecule has 0 amide bonds. The molecular weight excluding hydrogens is 342 g/mol. The fourth-order valence-corrected chi connectivity index (χ4v) is 7.88. The van der Waals surface area contributed by atoms with Crippen LogP contribution in [0.2, 0.25) is 10.0 Å². The van der Waals surface area contributed by atoms with Gasteiger partial charge in [0, 0.05) is 16.5 Å². The Labute approximate surface area is 132 Å². The zero-order valence-electron chi connectivity index (χ0n) is 10.5. The first-order chi connectivity index (χ1) is 9.00. The number of hydrogen-bond acceptors (Lipinski definition) is 4. The molecule has 0 N–H and O–H groups in total. The minimum Gasteiger partial charge on any atom is -0.427 e. The van der Waals surface area contributed by atoms with Gasteiger partial charge in [0.05, 0.1) is 5.02 Å². The van der Waals surface area contributed by atoms with Gasteiger partial charge in [0.2, 0.25) is 0 Å². The monoisotopic (exact) mass is 356 g/mol. The third kappa shape index (κ3) is 6.05. The highest BCUT2D eigenvalue weighted by Gasteiger charge is 2.26. The summed E-state index contributed by atoms with van der Waals surface area (Å²) in [6.45, 7) is 5.66. The molecule has 0 saturated heterocycles. The van der Waals surface area contributed by atoms with Crippen LogP contribution in [-0.2, 0) is 4.57 Å². The zero-order chi connectivity index (χ0) is 14.3. The molecule has 0 bridgehead atoms. The van der Waals surface area contributed by atoms with Crippen molar-refractivity contribution in [3.63, 3.8) is 0 Å². The van der Waals surface area contributed by atoms with Crippen LogP contribution in [0.3, 0.4) is 0 Å². The molecule has 0 heterocycles. The highest BCUT2D eigenvalue weighted by molar-refractivity contribution is 8.89. The quantitative estimate of drug-likeness (QED) is 0.390. The Bertz CT molecular complexity index is 483. The molecular formula is C12H15Cl2O2PS2. The molecule has 0 radical (unpaired) electrons. The molecule has 1 atom stereocenters. The molecule has 1 rings (SSSR count). The number of halogens is 2. The van der Waals surface area contributed by atoms with Crippen LogP contribution >= 0.6 is 51.7 Å². The summed E-state index contributed by atoms with van der Waals surface area (Å²) in [4.78, 5) is 0. The lowest BCUT2D eigenvalue weighted by Crippen LogP contribution is -1.90. The summed E-state index contributed by atoms with van der Waals surface area (Å²) in [7, 11) is 0. The Kier molecular flexibility index (Phi) is 7.78. The smallest absolute Gasteiger partial charge is 0.360 e. The molecule has 106 valence electrons. The largest absolute Gasteiger partial charge is 0.427 e. The second-order valence-electron chi connectivity index (χ2n) is 3.53. The summed E-state index contributed by atoms with van der Waals surface area (Å²) in [5.41, 5.74) is 0. The van der Waals surface area contributed by atoms with Crippen molar-refractivity contribution in [2.45, 2.75) is 13.3 Å². The maximum atomic E-state index is 12.7. The van der Waals surface area contributed by atoms with Crippen molar-refractivity contribution in [3.05, 3.63) is 40.9 Å². The second kappa shape index (κ2) is 8.53. The first kappa shape index (κ1) is 17.3. The molecule has 0 aliphatic carbocycles. The van der Waals surface area contributed by atoms with Gasteiger partial charge in [-0.2, -0.15) is 0 Å². The Morgan fingerprint density at radius 3 is 2.74 bits per heavy atom. The van der Waals surface area contributed by atoms with E-state index in [2.05, 4.69) is 6.58 Å². The van der Waals surface area contributed by atoms with Crippen LogP contribution in [0, 0.1) is 0 Å². The number of benzene rings is 1. The summed E-state index contributed by atoms with van der Waals surface area (Å²) in [6.07, 6.45) is 2.64. The summed E-state index contributed by atoms with van der Waals surface area (Å²) in [6, 6.07) is 4.87. The lowest BCUT2D eigenvalue weighted by Gasteiger charge is -2.18. The standard InChI is InChI=1S/C12H15Cl2O2PS2/c1-3-7-18-17(15,19-8-4-2)16-12-6-5-10(13)9-11(12)14/h3,5-6,9H,1,4,7-8H2,2H3. The van der Waals surface area contributed by atoms with Gasteiger partial charge < -0.3 is 4.52 Å². The Morgan fingerprint density at radius 2 is 2.16 bits per heavy atom. The molecule has 1 aromatic rings. The minimum atomic E-state index is -2.88. The first-order valence-electron chi connectivity index (χ1n) is 5.65. The number of hydrogen-bond donors (Lipinski definition) is 0. The second-order valence-corrected chi connectivity index (χ2v) is 11.8. The maximum absolute atomic E-state index is 12.7. The topological polar surface area (TPSA) is 26.3 Å². The minimum absolute atomic E-state index is 0.365. The SMILES string of the molecule is C=CCSP(=O)(Oc1ccc(Cl)cc1Cl)SCCC. The van der Waals surface area contributed by atoms with Crippen molar-refractivity contribution < 1.29 is 9.09 Å². The highest BCUT2D eigenvalue weighted by atomic mass is 35.5. The first-order valence-corrected chi connectivity index (χ1v) is 11.2. The van der Waals surface area contributed by atoms with Crippen LogP contribution in [-0.4, -0.2) is 11.5 Å². The molecule has 0 aliphatic rings. The lowest BCUT2D eigenvalue weighted by atomic mass is 10.3. The van der Waals surface area contributed by atoms with E-state index in [9.17, 15) is 4.57 Å².